The van der Waals surface area contributed by atoms with E-state index in [0.717, 1.165) is 24.8 Å². The molecule has 0 heterocycles. The third-order valence-electron chi connectivity index (χ3n) is 3.65. The van der Waals surface area contributed by atoms with Gasteiger partial charge in [-0.2, -0.15) is 11.8 Å². The first kappa shape index (κ1) is 19.3. The molecule has 25 heavy (non-hydrogen) atoms. The van der Waals surface area contributed by atoms with Gasteiger partial charge in [-0.1, -0.05) is 54.6 Å². The highest BCUT2D eigenvalue weighted by atomic mass is 32.2. The molecule has 2 rings (SSSR count). The van der Waals surface area contributed by atoms with E-state index in [4.69, 9.17) is 4.74 Å². The number of nitrogens with zero attached hydrogens (tertiary/aromatic N) is 1. The molecule has 0 aliphatic rings. The largest absolute Gasteiger partial charge is 0.372 e. The maximum atomic E-state index is 5.81. The minimum atomic E-state index is 0.615. The second-order valence-electron chi connectivity index (χ2n) is 5.64. The van der Waals surface area contributed by atoms with Crippen LogP contribution in [0.15, 0.2) is 59.6 Å². The minimum absolute atomic E-state index is 0.615. The van der Waals surface area contributed by atoms with Gasteiger partial charge in [0.2, 0.25) is 0 Å². The topological polar surface area (TPSA) is 45.7 Å². The second kappa shape index (κ2) is 11.6. The molecule has 2 aromatic carbocycles. The van der Waals surface area contributed by atoms with Crippen LogP contribution in [-0.4, -0.2) is 31.6 Å². The molecule has 0 radical (unpaired) electrons. The van der Waals surface area contributed by atoms with Crippen LogP contribution in [0.2, 0.25) is 0 Å². The SMILES string of the molecule is CN=C(NCCSC)NCc1cccc(COCc2ccccc2)c1. The van der Waals surface area contributed by atoms with Gasteiger partial charge in [-0.05, 0) is 22.9 Å². The van der Waals surface area contributed by atoms with Crippen LogP contribution in [0, 0.1) is 0 Å². The molecule has 2 aromatic rings. The molecule has 0 bridgehead atoms. The summed E-state index contributed by atoms with van der Waals surface area (Å²) in [5, 5.41) is 6.64. The number of hydrogen-bond acceptors (Lipinski definition) is 3. The lowest BCUT2D eigenvalue weighted by molar-refractivity contribution is 0.107. The Bertz CT molecular complexity index is 646. The van der Waals surface area contributed by atoms with E-state index in [1.165, 1.54) is 16.7 Å². The molecule has 2 N–H and O–H groups in total. The zero-order valence-corrected chi connectivity index (χ0v) is 15.8. The molecule has 0 aliphatic heterocycles. The van der Waals surface area contributed by atoms with Crippen LogP contribution in [0.4, 0.5) is 0 Å². The normalized spacial score (nSPS) is 11.4. The third-order valence-corrected chi connectivity index (χ3v) is 4.27. The van der Waals surface area contributed by atoms with E-state index >= 15 is 0 Å². The molecule has 0 atom stereocenters. The maximum absolute atomic E-state index is 5.81. The van der Waals surface area contributed by atoms with E-state index in [1.54, 1.807) is 7.05 Å². The van der Waals surface area contributed by atoms with Crippen molar-refractivity contribution in [2.24, 2.45) is 4.99 Å². The summed E-state index contributed by atoms with van der Waals surface area (Å²) in [7, 11) is 1.79. The lowest BCUT2D eigenvalue weighted by Crippen LogP contribution is -2.37. The second-order valence-corrected chi connectivity index (χ2v) is 6.63. The zero-order valence-electron chi connectivity index (χ0n) is 15.0. The molecule has 0 saturated heterocycles. The standard InChI is InChI=1S/C20H27N3OS/c1-21-20(22-11-12-25-2)23-14-18-9-6-10-19(13-18)16-24-15-17-7-4-3-5-8-17/h3-10,13H,11-12,14-16H2,1-2H3,(H2,21,22,23). The van der Waals surface area contributed by atoms with Gasteiger partial charge in [0.1, 0.15) is 0 Å². The van der Waals surface area contributed by atoms with E-state index in [-0.39, 0.29) is 0 Å². The van der Waals surface area contributed by atoms with Crippen LogP contribution >= 0.6 is 11.8 Å². The van der Waals surface area contributed by atoms with Crippen molar-refractivity contribution in [1.29, 1.82) is 0 Å². The first-order chi connectivity index (χ1) is 12.3. The van der Waals surface area contributed by atoms with Crippen LogP contribution in [0.1, 0.15) is 16.7 Å². The molecule has 0 aromatic heterocycles. The predicted octanol–water partition coefficient (Wildman–Crippen LogP) is 3.43. The van der Waals surface area contributed by atoms with E-state index < -0.39 is 0 Å². The van der Waals surface area contributed by atoms with Crippen molar-refractivity contribution in [3.63, 3.8) is 0 Å². The number of thioether (sulfide) groups is 1. The number of nitrogens with one attached hydrogen (secondary N) is 2. The molecule has 4 nitrogen and oxygen atoms in total. The zero-order chi connectivity index (χ0) is 17.7. The Hall–Kier alpha value is -1.98. The van der Waals surface area contributed by atoms with E-state index in [9.17, 15) is 0 Å². The number of aliphatic imine (C=N–C) groups is 1. The Kier molecular flexibility index (Phi) is 8.94. The minimum Gasteiger partial charge on any atom is -0.372 e. The molecule has 0 amide bonds. The van der Waals surface area contributed by atoms with Crippen molar-refractivity contribution in [2.45, 2.75) is 19.8 Å². The number of benzene rings is 2. The summed E-state index contributed by atoms with van der Waals surface area (Å²) >= 11 is 1.82. The van der Waals surface area contributed by atoms with Crippen molar-refractivity contribution >= 4 is 17.7 Å². The van der Waals surface area contributed by atoms with Crippen molar-refractivity contribution < 1.29 is 4.74 Å². The van der Waals surface area contributed by atoms with Crippen LogP contribution in [0.3, 0.4) is 0 Å². The Morgan fingerprint density at radius 3 is 2.44 bits per heavy atom. The van der Waals surface area contributed by atoms with Gasteiger partial charge >= 0.3 is 0 Å². The summed E-state index contributed by atoms with van der Waals surface area (Å²) in [5.41, 5.74) is 3.59. The fourth-order valence-electron chi connectivity index (χ4n) is 2.37. The molecule has 134 valence electrons. The highest BCUT2D eigenvalue weighted by molar-refractivity contribution is 7.98. The first-order valence-electron chi connectivity index (χ1n) is 8.44. The van der Waals surface area contributed by atoms with Crippen LogP contribution in [-0.2, 0) is 24.5 Å². The van der Waals surface area contributed by atoms with E-state index in [0.29, 0.717) is 13.2 Å². The van der Waals surface area contributed by atoms with Gasteiger partial charge in [-0.25, -0.2) is 0 Å². The average molecular weight is 358 g/mol. The highest BCUT2D eigenvalue weighted by Gasteiger charge is 2.00. The van der Waals surface area contributed by atoms with Crippen LogP contribution in [0.25, 0.3) is 0 Å². The number of ether oxygens (including phenoxy) is 1. The third kappa shape index (κ3) is 7.63. The maximum Gasteiger partial charge on any atom is 0.191 e. The van der Waals surface area contributed by atoms with E-state index in [2.05, 4.69) is 58.3 Å². The van der Waals surface area contributed by atoms with Gasteiger partial charge in [0.15, 0.2) is 5.96 Å². The molecular weight excluding hydrogens is 330 g/mol. The van der Waals surface area contributed by atoms with Crippen LogP contribution in [0.5, 0.6) is 0 Å². The van der Waals surface area contributed by atoms with Crippen molar-refractivity contribution in [3.05, 3.63) is 71.3 Å². The van der Waals surface area contributed by atoms with Gasteiger partial charge in [0.05, 0.1) is 13.2 Å². The number of hydrogen-bond donors (Lipinski definition) is 2. The summed E-state index contributed by atoms with van der Waals surface area (Å²) in [4.78, 5) is 4.24. The molecule has 0 unspecified atom stereocenters. The van der Waals surface area contributed by atoms with Gasteiger partial charge < -0.3 is 15.4 Å². The molecule has 5 heteroatoms. The molecule has 0 aliphatic carbocycles. The number of guanidine groups is 1. The fourth-order valence-corrected chi connectivity index (χ4v) is 2.67. The summed E-state index contributed by atoms with van der Waals surface area (Å²) in [6, 6.07) is 18.7. The highest BCUT2D eigenvalue weighted by Crippen LogP contribution is 2.09. The molecular formula is C20H27N3OS. The molecule has 0 fully saturated rings. The quantitative estimate of drug-likeness (QED) is 0.410. The summed E-state index contributed by atoms with van der Waals surface area (Å²) in [5.74, 6) is 1.90. The first-order valence-corrected chi connectivity index (χ1v) is 9.84. The van der Waals surface area contributed by atoms with Gasteiger partial charge in [-0.15, -0.1) is 0 Å². The van der Waals surface area contributed by atoms with Gasteiger partial charge in [0, 0.05) is 25.9 Å². The lowest BCUT2D eigenvalue weighted by Gasteiger charge is -2.12. The van der Waals surface area contributed by atoms with Crippen molar-refractivity contribution in [2.75, 3.05) is 25.6 Å². The van der Waals surface area contributed by atoms with Crippen molar-refractivity contribution in [3.8, 4) is 0 Å². The smallest absolute Gasteiger partial charge is 0.191 e. The van der Waals surface area contributed by atoms with Gasteiger partial charge in [0.25, 0.3) is 0 Å². The van der Waals surface area contributed by atoms with Crippen molar-refractivity contribution in [1.82, 2.24) is 10.6 Å². The summed E-state index contributed by atoms with van der Waals surface area (Å²) < 4.78 is 5.81. The summed E-state index contributed by atoms with van der Waals surface area (Å²) in [6.07, 6.45) is 2.10. The Morgan fingerprint density at radius 2 is 1.68 bits per heavy atom. The van der Waals surface area contributed by atoms with E-state index in [1.807, 2.05) is 30.0 Å². The Labute approximate surface area is 155 Å². The lowest BCUT2D eigenvalue weighted by atomic mass is 10.1. The average Bonchev–Trinajstić information content (AvgIpc) is 2.66. The van der Waals surface area contributed by atoms with Gasteiger partial charge in [-0.3, -0.25) is 4.99 Å². The number of rotatable bonds is 9. The Balaban J connectivity index is 1.78. The Morgan fingerprint density at radius 1 is 0.960 bits per heavy atom. The van der Waals surface area contributed by atoms with Crippen LogP contribution < -0.4 is 10.6 Å². The monoisotopic (exact) mass is 357 g/mol. The predicted molar refractivity (Wildman–Crippen MR) is 108 cm³/mol. The summed E-state index contributed by atoms with van der Waals surface area (Å²) in [6.45, 7) is 2.90. The fraction of sp³-hybridized carbons (Fsp3) is 0.350. The molecule has 0 spiro atoms. The molecule has 0 saturated carbocycles.